The van der Waals surface area contributed by atoms with Crippen molar-refractivity contribution in [3.63, 3.8) is 0 Å². The highest BCUT2D eigenvalue weighted by molar-refractivity contribution is 4.98. The van der Waals surface area contributed by atoms with Crippen molar-refractivity contribution in [2.45, 2.75) is 56.6 Å². The van der Waals surface area contributed by atoms with E-state index in [1.165, 1.54) is 44.9 Å². The Morgan fingerprint density at radius 1 is 1.12 bits per heavy atom. The minimum Gasteiger partial charge on any atom is -0.381 e. The second kappa shape index (κ2) is 5.25. The van der Waals surface area contributed by atoms with Crippen LogP contribution in [0.15, 0.2) is 0 Å². The predicted octanol–water partition coefficient (Wildman–Crippen LogP) is 2.10. The Bertz CT molecular complexity index is 236. The van der Waals surface area contributed by atoms with Crippen molar-refractivity contribution in [1.29, 1.82) is 0 Å². The average Bonchev–Trinajstić information content (AvgIpc) is 2.86. The van der Waals surface area contributed by atoms with Crippen LogP contribution < -0.4 is 5.32 Å². The number of hydrogen-bond donors (Lipinski definition) is 1. The van der Waals surface area contributed by atoms with Crippen LogP contribution in [0.2, 0.25) is 0 Å². The zero-order chi connectivity index (χ0) is 11.6. The molecule has 3 heteroatoms. The summed E-state index contributed by atoms with van der Waals surface area (Å²) in [4.78, 5) is 0. The van der Waals surface area contributed by atoms with Gasteiger partial charge in [0.15, 0.2) is 0 Å². The largest absolute Gasteiger partial charge is 0.381 e. The molecule has 1 N–H and O–H groups in total. The Morgan fingerprint density at radius 2 is 2.00 bits per heavy atom. The first kappa shape index (κ1) is 11.9. The quantitative estimate of drug-likeness (QED) is 0.800. The highest BCUT2D eigenvalue weighted by Crippen LogP contribution is 2.38. The van der Waals surface area contributed by atoms with E-state index in [-0.39, 0.29) is 5.60 Å². The van der Waals surface area contributed by atoms with Gasteiger partial charge in [-0.2, -0.15) is 0 Å². The van der Waals surface area contributed by atoms with Crippen LogP contribution in [0.3, 0.4) is 0 Å². The van der Waals surface area contributed by atoms with Gasteiger partial charge in [-0.3, -0.25) is 0 Å². The summed E-state index contributed by atoms with van der Waals surface area (Å²) in [5, 5.41) is 3.73. The molecule has 3 aliphatic rings. The number of hydrogen-bond acceptors (Lipinski definition) is 3. The molecule has 1 spiro atoms. The molecule has 0 aromatic carbocycles. The molecular formula is C14H25NO2. The van der Waals surface area contributed by atoms with Gasteiger partial charge in [0.2, 0.25) is 0 Å². The third kappa shape index (κ3) is 2.51. The summed E-state index contributed by atoms with van der Waals surface area (Å²) >= 11 is 0. The molecule has 0 aromatic heterocycles. The maximum Gasteiger partial charge on any atom is 0.0835 e. The molecule has 2 saturated heterocycles. The van der Waals surface area contributed by atoms with Gasteiger partial charge in [0, 0.05) is 25.8 Å². The van der Waals surface area contributed by atoms with Crippen LogP contribution in [0.5, 0.6) is 0 Å². The normalized spacial score (nSPS) is 37.4. The van der Waals surface area contributed by atoms with E-state index in [0.717, 1.165) is 32.3 Å². The van der Waals surface area contributed by atoms with Gasteiger partial charge in [0.05, 0.1) is 12.2 Å². The van der Waals surface area contributed by atoms with E-state index in [9.17, 15) is 0 Å². The summed E-state index contributed by atoms with van der Waals surface area (Å²) in [6, 6.07) is 0.572. The third-order valence-electron chi connectivity index (χ3n) is 4.81. The lowest BCUT2D eigenvalue weighted by molar-refractivity contribution is -0.121. The van der Waals surface area contributed by atoms with Crippen LogP contribution in [-0.2, 0) is 9.47 Å². The zero-order valence-corrected chi connectivity index (χ0v) is 10.7. The minimum atomic E-state index is 0.166. The second-order valence-electron chi connectivity index (χ2n) is 5.95. The van der Waals surface area contributed by atoms with Gasteiger partial charge < -0.3 is 14.8 Å². The van der Waals surface area contributed by atoms with E-state index in [4.69, 9.17) is 9.47 Å². The van der Waals surface area contributed by atoms with Crippen molar-refractivity contribution in [3.05, 3.63) is 0 Å². The molecule has 3 rings (SSSR count). The summed E-state index contributed by atoms with van der Waals surface area (Å²) in [5.41, 5.74) is 0.166. The molecule has 0 aromatic rings. The van der Waals surface area contributed by atoms with Crippen LogP contribution >= 0.6 is 0 Å². The van der Waals surface area contributed by atoms with Gasteiger partial charge in [-0.25, -0.2) is 0 Å². The first-order valence-electron chi connectivity index (χ1n) is 7.34. The smallest absolute Gasteiger partial charge is 0.0835 e. The zero-order valence-electron chi connectivity index (χ0n) is 10.7. The summed E-state index contributed by atoms with van der Waals surface area (Å²) < 4.78 is 11.7. The molecule has 98 valence electrons. The van der Waals surface area contributed by atoms with Gasteiger partial charge in [-0.1, -0.05) is 19.3 Å². The molecule has 2 unspecified atom stereocenters. The van der Waals surface area contributed by atoms with Crippen molar-refractivity contribution in [3.8, 4) is 0 Å². The van der Waals surface area contributed by atoms with Crippen LogP contribution in [-0.4, -0.2) is 38.0 Å². The number of ether oxygens (including phenoxy) is 2. The predicted molar refractivity (Wildman–Crippen MR) is 67.1 cm³/mol. The minimum absolute atomic E-state index is 0.166. The summed E-state index contributed by atoms with van der Waals surface area (Å²) in [6.45, 7) is 3.86. The highest BCUT2D eigenvalue weighted by atomic mass is 16.5. The standard InChI is InChI=1S/C14H25NO2/c1-2-5-14(6-3-1)13(15-7-9-17-14)10-12-4-8-16-11-12/h12-13,15H,1-11H2. The molecule has 2 aliphatic heterocycles. The van der Waals surface area contributed by atoms with E-state index in [2.05, 4.69) is 5.32 Å². The fraction of sp³-hybridized carbons (Fsp3) is 1.00. The summed E-state index contributed by atoms with van der Waals surface area (Å²) in [6.07, 6.45) is 9.10. The number of nitrogens with one attached hydrogen (secondary N) is 1. The van der Waals surface area contributed by atoms with Crippen LogP contribution in [0.4, 0.5) is 0 Å². The van der Waals surface area contributed by atoms with Crippen molar-refractivity contribution in [2.24, 2.45) is 5.92 Å². The average molecular weight is 239 g/mol. The van der Waals surface area contributed by atoms with Crippen molar-refractivity contribution in [1.82, 2.24) is 5.32 Å². The fourth-order valence-corrected chi connectivity index (χ4v) is 3.82. The molecule has 0 radical (unpaired) electrons. The topological polar surface area (TPSA) is 30.5 Å². The van der Waals surface area contributed by atoms with Crippen molar-refractivity contribution < 1.29 is 9.47 Å². The molecule has 2 atom stereocenters. The lowest BCUT2D eigenvalue weighted by Gasteiger charge is -2.47. The van der Waals surface area contributed by atoms with Gasteiger partial charge >= 0.3 is 0 Å². The Labute approximate surface area is 104 Å². The van der Waals surface area contributed by atoms with E-state index >= 15 is 0 Å². The van der Waals surface area contributed by atoms with Crippen LogP contribution in [0.1, 0.15) is 44.9 Å². The molecule has 1 aliphatic carbocycles. The molecule has 0 bridgehead atoms. The van der Waals surface area contributed by atoms with E-state index in [1.54, 1.807) is 0 Å². The SMILES string of the molecule is C1CCC2(CC1)OCCNC2CC1CCOC1. The second-order valence-corrected chi connectivity index (χ2v) is 5.95. The Hall–Kier alpha value is -0.120. The third-order valence-corrected chi connectivity index (χ3v) is 4.81. The lowest BCUT2D eigenvalue weighted by Crippen LogP contribution is -2.59. The molecule has 3 nitrogen and oxygen atoms in total. The Morgan fingerprint density at radius 3 is 2.76 bits per heavy atom. The van der Waals surface area contributed by atoms with E-state index in [1.807, 2.05) is 0 Å². The van der Waals surface area contributed by atoms with Crippen molar-refractivity contribution in [2.75, 3.05) is 26.4 Å². The van der Waals surface area contributed by atoms with Gasteiger partial charge in [-0.05, 0) is 31.6 Å². The molecular weight excluding hydrogens is 214 g/mol. The molecule has 0 amide bonds. The highest BCUT2D eigenvalue weighted by Gasteiger charge is 2.43. The van der Waals surface area contributed by atoms with Crippen LogP contribution in [0.25, 0.3) is 0 Å². The molecule has 3 fully saturated rings. The maximum absolute atomic E-state index is 6.23. The van der Waals surface area contributed by atoms with Gasteiger partial charge in [0.25, 0.3) is 0 Å². The number of morpholine rings is 1. The summed E-state index contributed by atoms with van der Waals surface area (Å²) in [5.74, 6) is 0.757. The fourth-order valence-electron chi connectivity index (χ4n) is 3.82. The molecule has 2 heterocycles. The lowest BCUT2D eigenvalue weighted by atomic mass is 9.75. The first-order chi connectivity index (χ1) is 8.39. The van der Waals surface area contributed by atoms with Gasteiger partial charge in [-0.15, -0.1) is 0 Å². The molecule has 1 saturated carbocycles. The van der Waals surface area contributed by atoms with E-state index < -0.39 is 0 Å². The monoisotopic (exact) mass is 239 g/mol. The summed E-state index contributed by atoms with van der Waals surface area (Å²) in [7, 11) is 0. The van der Waals surface area contributed by atoms with Crippen molar-refractivity contribution >= 4 is 0 Å². The molecule has 17 heavy (non-hydrogen) atoms. The van der Waals surface area contributed by atoms with Gasteiger partial charge in [0.1, 0.15) is 0 Å². The number of rotatable bonds is 2. The first-order valence-corrected chi connectivity index (χ1v) is 7.34. The van der Waals surface area contributed by atoms with Crippen LogP contribution in [0, 0.1) is 5.92 Å². The maximum atomic E-state index is 6.23. The Balaban J connectivity index is 1.65. The Kier molecular flexibility index (Phi) is 3.69. The van der Waals surface area contributed by atoms with E-state index in [0.29, 0.717) is 6.04 Å².